The minimum Gasteiger partial charge on any atom is -0.305 e. The summed E-state index contributed by atoms with van der Waals surface area (Å²) in [5, 5.41) is 5.20. The molecule has 2 aromatic carbocycles. The van der Waals surface area contributed by atoms with Crippen LogP contribution < -0.4 is 10.6 Å². The van der Waals surface area contributed by atoms with E-state index in [1.807, 2.05) is 6.07 Å². The van der Waals surface area contributed by atoms with Crippen molar-refractivity contribution in [3.63, 3.8) is 0 Å². The molecule has 4 rings (SSSR count). The fourth-order valence-corrected chi connectivity index (χ4v) is 3.11. The molecule has 0 spiro atoms. The topological polar surface area (TPSA) is 58.4 Å². The molecule has 140 valence electrons. The van der Waals surface area contributed by atoms with E-state index in [0.717, 1.165) is 0 Å². The average Bonchev–Trinajstić information content (AvgIpc) is 3.03. The summed E-state index contributed by atoms with van der Waals surface area (Å²) in [5.41, 5.74) is 1.75. The molecule has 2 amide bonds. The molecule has 0 aliphatic heterocycles. The number of anilines is 2. The Balaban J connectivity index is 1.70. The Morgan fingerprint density at radius 1 is 1.00 bits per heavy atom. The summed E-state index contributed by atoms with van der Waals surface area (Å²) in [5.74, 6) is -0.552. The fourth-order valence-electron chi connectivity index (χ4n) is 2.78. The average molecular weight is 443 g/mol. The number of amides is 2. The number of imidazole rings is 1. The normalized spacial score (nSPS) is 10.8. The lowest BCUT2D eigenvalue weighted by Gasteiger charge is -2.10. The van der Waals surface area contributed by atoms with E-state index in [2.05, 4.69) is 31.5 Å². The predicted molar refractivity (Wildman–Crippen MR) is 107 cm³/mol. The molecule has 4 aromatic rings. The van der Waals surface area contributed by atoms with Gasteiger partial charge in [0.05, 0.1) is 5.69 Å². The van der Waals surface area contributed by atoms with E-state index < -0.39 is 11.8 Å². The third-order valence-electron chi connectivity index (χ3n) is 4.06. The third kappa shape index (κ3) is 3.59. The molecule has 5 nitrogen and oxygen atoms in total. The minimum atomic E-state index is -0.629. The van der Waals surface area contributed by atoms with Crippen LogP contribution in [0.2, 0.25) is 0 Å². The molecule has 0 unspecified atom stereocenters. The molecule has 8 heteroatoms. The maximum Gasteiger partial charge on any atom is 0.324 e. The van der Waals surface area contributed by atoms with Gasteiger partial charge in [-0.1, -0.05) is 22.0 Å². The predicted octanol–water partition coefficient (Wildman–Crippen LogP) is 5.69. The number of urea groups is 1. The van der Waals surface area contributed by atoms with Crippen LogP contribution in [-0.4, -0.2) is 15.4 Å². The number of hydrogen-bond acceptors (Lipinski definition) is 2. The van der Waals surface area contributed by atoms with Crippen LogP contribution in [0.1, 0.15) is 0 Å². The van der Waals surface area contributed by atoms with Gasteiger partial charge in [-0.3, -0.25) is 9.72 Å². The van der Waals surface area contributed by atoms with Crippen molar-refractivity contribution in [1.82, 2.24) is 9.38 Å². The molecule has 0 saturated carbocycles. The summed E-state index contributed by atoms with van der Waals surface area (Å²) < 4.78 is 29.5. The second-order valence-electron chi connectivity index (χ2n) is 5.95. The Hall–Kier alpha value is -3.26. The summed E-state index contributed by atoms with van der Waals surface area (Å²) in [7, 11) is 0. The molecule has 0 saturated heterocycles. The molecule has 0 bridgehead atoms. The molecule has 0 radical (unpaired) electrons. The molecule has 28 heavy (non-hydrogen) atoms. The van der Waals surface area contributed by atoms with Crippen molar-refractivity contribution in [2.24, 2.45) is 0 Å². The SMILES string of the molecule is O=C(Nc1ccc(Br)cc1F)Nc1c(-c2ccc(F)cc2)nc2ccccn12. The first-order valence-electron chi connectivity index (χ1n) is 8.27. The minimum absolute atomic E-state index is 0.0397. The Morgan fingerprint density at radius 3 is 2.54 bits per heavy atom. The zero-order chi connectivity index (χ0) is 19.7. The highest BCUT2D eigenvalue weighted by Gasteiger charge is 2.17. The number of fused-ring (bicyclic) bond motifs is 1. The van der Waals surface area contributed by atoms with Crippen molar-refractivity contribution in [2.45, 2.75) is 0 Å². The molecular formula is C20H13BrF2N4O. The van der Waals surface area contributed by atoms with Gasteiger partial charge >= 0.3 is 6.03 Å². The number of benzene rings is 2. The van der Waals surface area contributed by atoms with E-state index in [4.69, 9.17) is 0 Å². The zero-order valence-corrected chi connectivity index (χ0v) is 15.9. The smallest absolute Gasteiger partial charge is 0.305 e. The van der Waals surface area contributed by atoms with Gasteiger partial charge in [0.1, 0.15) is 28.8 Å². The van der Waals surface area contributed by atoms with E-state index in [-0.39, 0.29) is 11.5 Å². The first-order valence-corrected chi connectivity index (χ1v) is 9.06. The van der Waals surface area contributed by atoms with E-state index in [0.29, 0.717) is 27.2 Å². The number of nitrogens with one attached hydrogen (secondary N) is 2. The zero-order valence-electron chi connectivity index (χ0n) is 14.3. The first-order chi connectivity index (χ1) is 13.5. The van der Waals surface area contributed by atoms with E-state index >= 15 is 0 Å². The van der Waals surface area contributed by atoms with Crippen LogP contribution in [0, 0.1) is 11.6 Å². The van der Waals surface area contributed by atoms with Crippen molar-refractivity contribution < 1.29 is 13.6 Å². The second-order valence-corrected chi connectivity index (χ2v) is 6.86. The highest BCUT2D eigenvalue weighted by Crippen LogP contribution is 2.29. The highest BCUT2D eigenvalue weighted by molar-refractivity contribution is 9.10. The lowest BCUT2D eigenvalue weighted by atomic mass is 10.1. The number of halogens is 3. The molecule has 2 heterocycles. The number of carbonyl (C=O) groups is 1. The number of hydrogen-bond donors (Lipinski definition) is 2. The number of carbonyl (C=O) groups excluding carboxylic acids is 1. The van der Waals surface area contributed by atoms with Gasteiger partial charge in [-0.25, -0.2) is 18.6 Å². The molecule has 2 N–H and O–H groups in total. The Bertz CT molecular complexity index is 1170. The lowest BCUT2D eigenvalue weighted by Crippen LogP contribution is -2.21. The van der Waals surface area contributed by atoms with Gasteiger partial charge in [-0.2, -0.15) is 0 Å². The van der Waals surface area contributed by atoms with Crippen molar-refractivity contribution in [1.29, 1.82) is 0 Å². The van der Waals surface area contributed by atoms with Gasteiger partial charge in [0.15, 0.2) is 0 Å². The largest absolute Gasteiger partial charge is 0.324 e. The first kappa shape index (κ1) is 18.1. The third-order valence-corrected chi connectivity index (χ3v) is 4.55. The summed E-state index contributed by atoms with van der Waals surface area (Å²) in [4.78, 5) is 17.0. The molecule has 0 aliphatic carbocycles. The van der Waals surface area contributed by atoms with Crippen LogP contribution in [0.25, 0.3) is 16.9 Å². The number of aromatic nitrogens is 2. The van der Waals surface area contributed by atoms with Gasteiger partial charge in [0, 0.05) is 16.2 Å². The van der Waals surface area contributed by atoms with Crippen molar-refractivity contribution in [3.05, 3.63) is 83.0 Å². The number of nitrogens with zero attached hydrogens (tertiary/aromatic N) is 2. The fraction of sp³-hybridized carbons (Fsp3) is 0. The Morgan fingerprint density at radius 2 is 1.79 bits per heavy atom. The van der Waals surface area contributed by atoms with Gasteiger partial charge in [0.25, 0.3) is 0 Å². The quantitative estimate of drug-likeness (QED) is 0.428. The van der Waals surface area contributed by atoms with Crippen LogP contribution >= 0.6 is 15.9 Å². The summed E-state index contributed by atoms with van der Waals surface area (Å²) in [6.45, 7) is 0. The van der Waals surface area contributed by atoms with E-state index in [1.165, 1.54) is 24.3 Å². The maximum absolute atomic E-state index is 14.0. The molecule has 0 atom stereocenters. The molecule has 2 aromatic heterocycles. The molecule has 0 aliphatic rings. The van der Waals surface area contributed by atoms with Crippen LogP contribution in [0.15, 0.2) is 71.3 Å². The van der Waals surface area contributed by atoms with Crippen molar-refractivity contribution in [2.75, 3.05) is 10.6 Å². The maximum atomic E-state index is 14.0. The van der Waals surface area contributed by atoms with Crippen molar-refractivity contribution in [3.8, 4) is 11.3 Å². The lowest BCUT2D eigenvalue weighted by molar-refractivity contribution is 0.262. The highest BCUT2D eigenvalue weighted by atomic mass is 79.9. The summed E-state index contributed by atoms with van der Waals surface area (Å²) in [6.07, 6.45) is 1.74. The van der Waals surface area contributed by atoms with Crippen LogP contribution in [0.5, 0.6) is 0 Å². The van der Waals surface area contributed by atoms with Crippen LogP contribution in [0.4, 0.5) is 25.1 Å². The number of pyridine rings is 1. The van der Waals surface area contributed by atoms with Gasteiger partial charge in [-0.15, -0.1) is 0 Å². The van der Waals surface area contributed by atoms with E-state index in [1.54, 1.807) is 40.9 Å². The van der Waals surface area contributed by atoms with Gasteiger partial charge < -0.3 is 5.32 Å². The van der Waals surface area contributed by atoms with Crippen molar-refractivity contribution >= 4 is 39.1 Å². The monoisotopic (exact) mass is 442 g/mol. The van der Waals surface area contributed by atoms with Gasteiger partial charge in [0.2, 0.25) is 0 Å². The van der Waals surface area contributed by atoms with E-state index in [9.17, 15) is 13.6 Å². The van der Waals surface area contributed by atoms with Gasteiger partial charge in [-0.05, 0) is 54.6 Å². The summed E-state index contributed by atoms with van der Waals surface area (Å²) >= 11 is 3.17. The van der Waals surface area contributed by atoms with Crippen LogP contribution in [-0.2, 0) is 0 Å². The molecular weight excluding hydrogens is 430 g/mol. The van der Waals surface area contributed by atoms with Crippen LogP contribution in [0.3, 0.4) is 0 Å². The Labute approximate surface area is 167 Å². The summed E-state index contributed by atoms with van der Waals surface area (Å²) in [6, 6.07) is 14.9. The molecule has 0 fully saturated rings. The number of rotatable bonds is 3. The Kier molecular flexibility index (Phi) is 4.79. The second kappa shape index (κ2) is 7.40. The standard InChI is InChI=1S/C20H13BrF2N4O/c21-13-6-9-16(15(23)11-13)24-20(28)26-19-18(12-4-7-14(22)8-5-12)25-17-3-1-2-10-27(17)19/h1-11H,(H2,24,26,28).